The Morgan fingerprint density at radius 3 is 2.90 bits per heavy atom. The minimum absolute atomic E-state index is 0.0833. The van der Waals surface area contributed by atoms with Crippen LogP contribution in [-0.2, 0) is 0 Å². The van der Waals surface area contributed by atoms with Gasteiger partial charge in [0.15, 0.2) is 6.29 Å². The van der Waals surface area contributed by atoms with Crippen molar-refractivity contribution in [3.63, 3.8) is 0 Å². The quantitative estimate of drug-likeness (QED) is 0.652. The Balaban J connectivity index is 3.27. The van der Waals surface area contributed by atoms with Crippen LogP contribution >= 0.6 is 15.9 Å². The predicted octanol–water partition coefficient (Wildman–Crippen LogP) is 1.80. The van der Waals surface area contributed by atoms with Crippen LogP contribution in [0.15, 0.2) is 16.7 Å². The van der Waals surface area contributed by atoms with E-state index in [2.05, 4.69) is 20.9 Å². The molecule has 0 saturated carbocycles. The highest BCUT2D eigenvalue weighted by Crippen LogP contribution is 2.15. The second-order valence-electron chi connectivity index (χ2n) is 1.61. The van der Waals surface area contributed by atoms with Gasteiger partial charge in [0.25, 0.3) is 0 Å². The molecule has 0 aliphatic heterocycles. The SMILES string of the molecule is O=Cc1nccc(F)c1Br. The highest BCUT2D eigenvalue weighted by molar-refractivity contribution is 9.10. The minimum Gasteiger partial charge on any atom is -0.296 e. The van der Waals surface area contributed by atoms with Gasteiger partial charge >= 0.3 is 0 Å². The summed E-state index contributed by atoms with van der Waals surface area (Å²) >= 11 is 2.87. The molecule has 2 nitrogen and oxygen atoms in total. The largest absolute Gasteiger partial charge is 0.296 e. The number of hydrogen-bond donors (Lipinski definition) is 0. The van der Waals surface area contributed by atoms with Crippen molar-refractivity contribution in [2.24, 2.45) is 0 Å². The Morgan fingerprint density at radius 1 is 1.70 bits per heavy atom. The van der Waals surface area contributed by atoms with Gasteiger partial charge in [-0.1, -0.05) is 0 Å². The molecular weight excluding hydrogens is 201 g/mol. The second-order valence-corrected chi connectivity index (χ2v) is 2.40. The van der Waals surface area contributed by atoms with E-state index in [1.807, 2.05) is 0 Å². The number of aromatic nitrogens is 1. The van der Waals surface area contributed by atoms with Crippen molar-refractivity contribution < 1.29 is 9.18 Å². The zero-order chi connectivity index (χ0) is 7.56. The highest BCUT2D eigenvalue weighted by Gasteiger charge is 2.03. The first-order valence-electron chi connectivity index (χ1n) is 2.51. The molecule has 0 spiro atoms. The van der Waals surface area contributed by atoms with Crippen LogP contribution < -0.4 is 0 Å². The van der Waals surface area contributed by atoms with Crippen LogP contribution in [0.25, 0.3) is 0 Å². The van der Waals surface area contributed by atoms with E-state index >= 15 is 0 Å². The van der Waals surface area contributed by atoms with E-state index in [9.17, 15) is 9.18 Å². The van der Waals surface area contributed by atoms with Crippen molar-refractivity contribution in [2.45, 2.75) is 0 Å². The van der Waals surface area contributed by atoms with Crippen LogP contribution in [0.3, 0.4) is 0 Å². The Kier molecular flexibility index (Phi) is 2.11. The molecule has 1 rings (SSSR count). The smallest absolute Gasteiger partial charge is 0.169 e. The van der Waals surface area contributed by atoms with Crippen molar-refractivity contribution >= 4 is 22.2 Å². The number of pyridine rings is 1. The molecule has 0 unspecified atom stereocenters. The Morgan fingerprint density at radius 2 is 2.40 bits per heavy atom. The summed E-state index contributed by atoms with van der Waals surface area (Å²) in [7, 11) is 0. The summed E-state index contributed by atoms with van der Waals surface area (Å²) < 4.78 is 12.6. The summed E-state index contributed by atoms with van der Waals surface area (Å²) in [5.74, 6) is -0.475. The Labute approximate surface area is 65.2 Å². The van der Waals surface area contributed by atoms with E-state index in [0.717, 1.165) is 0 Å². The molecule has 0 fully saturated rings. The van der Waals surface area contributed by atoms with E-state index in [-0.39, 0.29) is 10.2 Å². The monoisotopic (exact) mass is 203 g/mol. The molecule has 0 aromatic carbocycles. The number of nitrogens with zero attached hydrogens (tertiary/aromatic N) is 1. The van der Waals surface area contributed by atoms with Gasteiger partial charge in [-0.05, 0) is 22.0 Å². The lowest BCUT2D eigenvalue weighted by Gasteiger charge is -1.93. The summed E-state index contributed by atoms with van der Waals surface area (Å²) in [5, 5.41) is 0. The van der Waals surface area contributed by atoms with Crippen LogP contribution in [0, 0.1) is 5.82 Å². The normalized spacial score (nSPS) is 9.40. The van der Waals surface area contributed by atoms with Crippen LogP contribution in [0.2, 0.25) is 0 Å². The summed E-state index contributed by atoms with van der Waals surface area (Å²) in [6, 6.07) is 1.18. The zero-order valence-corrected chi connectivity index (χ0v) is 6.43. The predicted molar refractivity (Wildman–Crippen MR) is 37.3 cm³/mol. The number of carbonyl (C=O) groups is 1. The first-order valence-corrected chi connectivity index (χ1v) is 3.30. The van der Waals surface area contributed by atoms with Crippen molar-refractivity contribution in [3.8, 4) is 0 Å². The van der Waals surface area contributed by atoms with Gasteiger partial charge in [-0.2, -0.15) is 0 Å². The fraction of sp³-hybridized carbons (Fsp3) is 0. The molecule has 0 N–H and O–H groups in total. The van der Waals surface area contributed by atoms with Gasteiger partial charge in [0.05, 0.1) is 4.47 Å². The van der Waals surface area contributed by atoms with Gasteiger partial charge in [0.2, 0.25) is 0 Å². The fourth-order valence-corrected chi connectivity index (χ4v) is 0.845. The summed E-state index contributed by atoms with van der Waals surface area (Å²) in [4.78, 5) is 13.7. The Hall–Kier alpha value is -0.770. The first kappa shape index (κ1) is 7.34. The third kappa shape index (κ3) is 1.21. The van der Waals surface area contributed by atoms with Crippen molar-refractivity contribution in [2.75, 3.05) is 0 Å². The van der Waals surface area contributed by atoms with E-state index in [0.29, 0.717) is 6.29 Å². The zero-order valence-electron chi connectivity index (χ0n) is 4.84. The maximum atomic E-state index is 12.5. The van der Waals surface area contributed by atoms with Crippen LogP contribution in [0.1, 0.15) is 10.5 Å². The molecule has 1 aromatic heterocycles. The first-order chi connectivity index (χ1) is 4.75. The maximum Gasteiger partial charge on any atom is 0.169 e. The molecule has 1 aromatic rings. The molecule has 0 radical (unpaired) electrons. The van der Waals surface area contributed by atoms with Crippen LogP contribution in [0.4, 0.5) is 4.39 Å². The van der Waals surface area contributed by atoms with Crippen LogP contribution in [-0.4, -0.2) is 11.3 Å². The molecule has 10 heavy (non-hydrogen) atoms. The van der Waals surface area contributed by atoms with Gasteiger partial charge in [-0.3, -0.25) is 9.78 Å². The average Bonchev–Trinajstić information content (AvgIpc) is 1.95. The van der Waals surface area contributed by atoms with E-state index in [4.69, 9.17) is 0 Å². The second kappa shape index (κ2) is 2.88. The summed E-state index contributed by atoms with van der Waals surface area (Å²) in [6.07, 6.45) is 1.73. The van der Waals surface area contributed by atoms with Crippen molar-refractivity contribution in [1.82, 2.24) is 4.98 Å². The number of rotatable bonds is 1. The molecule has 0 amide bonds. The minimum atomic E-state index is -0.475. The van der Waals surface area contributed by atoms with E-state index in [1.54, 1.807) is 0 Å². The molecule has 0 atom stereocenters. The van der Waals surface area contributed by atoms with Gasteiger partial charge in [-0.15, -0.1) is 0 Å². The van der Waals surface area contributed by atoms with Gasteiger partial charge in [-0.25, -0.2) is 4.39 Å². The third-order valence-corrected chi connectivity index (χ3v) is 1.77. The average molecular weight is 204 g/mol. The van der Waals surface area contributed by atoms with Gasteiger partial charge < -0.3 is 0 Å². The molecule has 1 heterocycles. The topological polar surface area (TPSA) is 30.0 Å². The number of halogens is 2. The van der Waals surface area contributed by atoms with E-state index in [1.165, 1.54) is 12.3 Å². The summed E-state index contributed by atoms with van der Waals surface area (Å²) in [5.41, 5.74) is 0.0833. The summed E-state index contributed by atoms with van der Waals surface area (Å²) in [6.45, 7) is 0. The number of hydrogen-bond acceptors (Lipinski definition) is 2. The van der Waals surface area contributed by atoms with E-state index < -0.39 is 5.82 Å². The van der Waals surface area contributed by atoms with Gasteiger partial charge in [0, 0.05) is 6.20 Å². The maximum absolute atomic E-state index is 12.5. The van der Waals surface area contributed by atoms with Crippen LogP contribution in [0.5, 0.6) is 0 Å². The fourth-order valence-electron chi connectivity index (χ4n) is 0.517. The van der Waals surface area contributed by atoms with Crippen molar-refractivity contribution in [3.05, 3.63) is 28.2 Å². The number of carbonyl (C=O) groups excluding carboxylic acids is 1. The van der Waals surface area contributed by atoms with Gasteiger partial charge in [0.1, 0.15) is 11.5 Å². The lowest BCUT2D eigenvalue weighted by molar-refractivity contribution is 0.111. The standard InChI is InChI=1S/C6H3BrFNO/c7-6-4(8)1-2-9-5(6)3-10/h1-3H. The molecule has 52 valence electrons. The molecule has 0 bridgehead atoms. The molecule has 0 aliphatic carbocycles. The third-order valence-electron chi connectivity index (χ3n) is 0.981. The van der Waals surface area contributed by atoms with Crippen molar-refractivity contribution in [1.29, 1.82) is 0 Å². The lowest BCUT2D eigenvalue weighted by atomic mass is 10.4. The molecule has 4 heteroatoms. The molecule has 0 aliphatic rings. The Bertz CT molecular complexity index is 264. The molecule has 0 saturated heterocycles. The number of aldehydes is 1. The molecular formula is C6H3BrFNO. The lowest BCUT2D eigenvalue weighted by Crippen LogP contribution is -1.90. The highest BCUT2D eigenvalue weighted by atomic mass is 79.9.